The Balaban J connectivity index is 3.33. The number of pyridine rings is 1. The van der Waals surface area contributed by atoms with Crippen LogP contribution >= 0.6 is 11.6 Å². The van der Waals surface area contributed by atoms with Crippen LogP contribution in [0.3, 0.4) is 0 Å². The molecule has 0 spiro atoms. The summed E-state index contributed by atoms with van der Waals surface area (Å²) in [6.45, 7) is 0. The molecule has 0 saturated carbocycles. The summed E-state index contributed by atoms with van der Waals surface area (Å²) in [4.78, 5) is 3.16. The van der Waals surface area contributed by atoms with Crippen molar-refractivity contribution < 1.29 is 18.3 Å². The smallest absolute Gasteiger partial charge is 0.269 e. The quantitative estimate of drug-likeness (QED) is 0.702. The monoisotopic (exact) mass is 197 g/mol. The zero-order valence-electron chi connectivity index (χ0n) is 5.56. The SMILES string of the molecule is Oc1cnc(Cl)c(C(F)F)c1F. The number of hydrogen-bond acceptors (Lipinski definition) is 2. The molecule has 0 radical (unpaired) electrons. The van der Waals surface area contributed by atoms with Crippen LogP contribution in [0, 0.1) is 5.82 Å². The average molecular weight is 198 g/mol. The van der Waals surface area contributed by atoms with Crippen LogP contribution in [0.5, 0.6) is 5.75 Å². The van der Waals surface area contributed by atoms with Gasteiger partial charge in [0.25, 0.3) is 6.43 Å². The number of aromatic hydroxyl groups is 1. The van der Waals surface area contributed by atoms with Gasteiger partial charge in [-0.2, -0.15) is 0 Å². The van der Waals surface area contributed by atoms with Gasteiger partial charge < -0.3 is 5.11 Å². The van der Waals surface area contributed by atoms with E-state index in [0.717, 1.165) is 0 Å². The first-order valence-electron chi connectivity index (χ1n) is 2.85. The summed E-state index contributed by atoms with van der Waals surface area (Å²) in [6.07, 6.45) is -2.42. The molecule has 1 heterocycles. The first-order valence-corrected chi connectivity index (χ1v) is 3.23. The Hall–Kier alpha value is -0.970. The summed E-state index contributed by atoms with van der Waals surface area (Å²) in [5.41, 5.74) is -1.07. The van der Waals surface area contributed by atoms with Crippen LogP contribution in [0.1, 0.15) is 12.0 Å². The van der Waals surface area contributed by atoms with Crippen molar-refractivity contribution in [3.05, 3.63) is 22.7 Å². The Kier molecular flexibility index (Phi) is 2.42. The number of alkyl halides is 2. The molecule has 1 aromatic heterocycles. The molecule has 6 heteroatoms. The highest BCUT2D eigenvalue weighted by Gasteiger charge is 2.21. The minimum Gasteiger partial charge on any atom is -0.504 e. The summed E-state index contributed by atoms with van der Waals surface area (Å²) >= 11 is 5.15. The molecule has 0 aliphatic carbocycles. The molecule has 1 N–H and O–H groups in total. The van der Waals surface area contributed by atoms with Crippen molar-refractivity contribution in [3.63, 3.8) is 0 Å². The lowest BCUT2D eigenvalue weighted by atomic mass is 10.2. The Morgan fingerprint density at radius 2 is 2.08 bits per heavy atom. The number of halogens is 4. The second kappa shape index (κ2) is 3.18. The predicted molar refractivity (Wildman–Crippen MR) is 35.8 cm³/mol. The van der Waals surface area contributed by atoms with Crippen LogP contribution in [0.25, 0.3) is 0 Å². The van der Waals surface area contributed by atoms with Crippen LogP contribution in [0.2, 0.25) is 5.15 Å². The summed E-state index contributed by atoms with van der Waals surface area (Å²) in [7, 11) is 0. The topological polar surface area (TPSA) is 33.1 Å². The maximum atomic E-state index is 12.7. The Bertz CT molecular complexity index is 305. The summed E-state index contributed by atoms with van der Waals surface area (Å²) in [5, 5.41) is 8.01. The first kappa shape index (κ1) is 9.12. The second-order valence-corrected chi connectivity index (χ2v) is 2.32. The highest BCUT2D eigenvalue weighted by atomic mass is 35.5. The molecule has 2 nitrogen and oxygen atoms in total. The molecule has 0 atom stereocenters. The van der Waals surface area contributed by atoms with Crippen LogP contribution in [-0.4, -0.2) is 10.1 Å². The minimum atomic E-state index is -3.09. The molecule has 0 aromatic carbocycles. The highest BCUT2D eigenvalue weighted by Crippen LogP contribution is 2.31. The van der Waals surface area contributed by atoms with Gasteiger partial charge in [0.2, 0.25) is 0 Å². The van der Waals surface area contributed by atoms with Gasteiger partial charge in [-0.3, -0.25) is 0 Å². The zero-order valence-corrected chi connectivity index (χ0v) is 6.32. The van der Waals surface area contributed by atoms with Gasteiger partial charge in [-0.25, -0.2) is 18.2 Å². The Labute approximate surface area is 70.6 Å². The summed E-state index contributed by atoms with van der Waals surface area (Å²) in [6, 6.07) is 0. The van der Waals surface area contributed by atoms with E-state index in [1.54, 1.807) is 0 Å². The maximum Gasteiger partial charge on any atom is 0.269 e. The fourth-order valence-corrected chi connectivity index (χ4v) is 0.873. The van der Waals surface area contributed by atoms with Crippen molar-refractivity contribution >= 4 is 11.6 Å². The third kappa shape index (κ3) is 1.45. The molecule has 12 heavy (non-hydrogen) atoms. The lowest BCUT2D eigenvalue weighted by Gasteiger charge is -2.03. The largest absolute Gasteiger partial charge is 0.504 e. The van der Waals surface area contributed by atoms with Gasteiger partial charge in [0.15, 0.2) is 11.6 Å². The molecule has 1 rings (SSSR count). The van der Waals surface area contributed by atoms with Gasteiger partial charge in [-0.15, -0.1) is 0 Å². The fourth-order valence-electron chi connectivity index (χ4n) is 0.658. The van der Waals surface area contributed by atoms with Gasteiger partial charge >= 0.3 is 0 Å². The third-order valence-electron chi connectivity index (χ3n) is 1.20. The molecule has 1 aromatic rings. The van der Waals surface area contributed by atoms with E-state index >= 15 is 0 Å². The number of rotatable bonds is 1. The lowest BCUT2D eigenvalue weighted by Crippen LogP contribution is -1.94. The van der Waals surface area contributed by atoms with Crippen molar-refractivity contribution in [3.8, 4) is 5.75 Å². The van der Waals surface area contributed by atoms with Crippen LogP contribution < -0.4 is 0 Å². The van der Waals surface area contributed by atoms with E-state index < -0.39 is 28.7 Å². The van der Waals surface area contributed by atoms with E-state index in [0.29, 0.717) is 6.20 Å². The standard InChI is InChI=1S/C6H3ClF3NO/c7-5-3(6(9)10)4(8)2(12)1-11-5/h1,6,12H. The third-order valence-corrected chi connectivity index (χ3v) is 1.50. The molecule has 0 fully saturated rings. The highest BCUT2D eigenvalue weighted by molar-refractivity contribution is 6.30. The van der Waals surface area contributed by atoms with E-state index in [2.05, 4.69) is 4.98 Å². The number of nitrogens with zero attached hydrogens (tertiary/aromatic N) is 1. The van der Waals surface area contributed by atoms with Crippen LogP contribution in [0.15, 0.2) is 6.20 Å². The fraction of sp³-hybridized carbons (Fsp3) is 0.167. The van der Waals surface area contributed by atoms with E-state index in [9.17, 15) is 13.2 Å². The molecule has 0 bridgehead atoms. The number of aromatic nitrogens is 1. The van der Waals surface area contributed by atoms with Gasteiger partial charge in [0.05, 0.1) is 11.8 Å². The molecule has 0 unspecified atom stereocenters. The van der Waals surface area contributed by atoms with Gasteiger partial charge in [-0.05, 0) is 0 Å². The predicted octanol–water partition coefficient (Wildman–Crippen LogP) is 2.52. The van der Waals surface area contributed by atoms with Crippen LogP contribution in [0.4, 0.5) is 13.2 Å². The van der Waals surface area contributed by atoms with Crippen LogP contribution in [-0.2, 0) is 0 Å². The lowest BCUT2D eigenvalue weighted by molar-refractivity contribution is 0.145. The first-order chi connectivity index (χ1) is 5.54. The summed E-state index contributed by atoms with van der Waals surface area (Å²) < 4.78 is 36.6. The zero-order chi connectivity index (χ0) is 9.30. The van der Waals surface area contributed by atoms with Crippen molar-refractivity contribution in [1.29, 1.82) is 0 Å². The van der Waals surface area contributed by atoms with Gasteiger partial charge in [0, 0.05) is 0 Å². The maximum absolute atomic E-state index is 12.7. The van der Waals surface area contributed by atoms with E-state index in [-0.39, 0.29) is 0 Å². The molecular formula is C6H3ClF3NO. The molecule has 0 amide bonds. The van der Waals surface area contributed by atoms with Crippen molar-refractivity contribution in [2.24, 2.45) is 0 Å². The Morgan fingerprint density at radius 3 is 2.50 bits per heavy atom. The minimum absolute atomic E-state index is 0.639. The van der Waals surface area contributed by atoms with E-state index in [1.165, 1.54) is 0 Å². The van der Waals surface area contributed by atoms with Crippen molar-refractivity contribution in [1.82, 2.24) is 4.98 Å². The van der Waals surface area contributed by atoms with Crippen molar-refractivity contribution in [2.75, 3.05) is 0 Å². The Morgan fingerprint density at radius 1 is 1.50 bits per heavy atom. The molecule has 0 aliphatic heterocycles. The molecule has 0 aliphatic rings. The normalized spacial score (nSPS) is 10.8. The molecule has 0 saturated heterocycles. The summed E-state index contributed by atoms with van der Waals surface area (Å²) in [5.74, 6) is -2.36. The molecule has 66 valence electrons. The van der Waals surface area contributed by atoms with Crippen molar-refractivity contribution in [2.45, 2.75) is 6.43 Å². The second-order valence-electron chi connectivity index (χ2n) is 1.96. The van der Waals surface area contributed by atoms with E-state index in [4.69, 9.17) is 16.7 Å². The molecular weight excluding hydrogens is 195 g/mol. The average Bonchev–Trinajstić information content (AvgIpc) is 1.97. The number of hydrogen-bond donors (Lipinski definition) is 1. The van der Waals surface area contributed by atoms with Gasteiger partial charge in [0.1, 0.15) is 5.15 Å². The van der Waals surface area contributed by atoms with Gasteiger partial charge in [-0.1, -0.05) is 11.6 Å². The van der Waals surface area contributed by atoms with E-state index in [1.807, 2.05) is 0 Å².